The van der Waals surface area contributed by atoms with E-state index in [1.54, 1.807) is 18.3 Å². The smallest absolute Gasteiger partial charge is 0.492 e. The monoisotopic (exact) mass is 466 g/mol. The number of aromatic nitrogens is 1. The quantitative estimate of drug-likeness (QED) is 0.677. The fourth-order valence-corrected chi connectivity index (χ4v) is 3.94. The molecule has 1 atom stereocenters. The number of hydrogen-bond donors (Lipinski definition) is 1. The Balaban J connectivity index is 0.000000396. The molecule has 0 aliphatic carbocycles. The highest BCUT2D eigenvalue weighted by Gasteiger charge is 2.62. The van der Waals surface area contributed by atoms with Crippen LogP contribution in [0, 0.1) is 5.92 Å². The number of sulfonamides is 1. The van der Waals surface area contributed by atoms with Gasteiger partial charge in [0, 0.05) is 31.8 Å². The van der Waals surface area contributed by atoms with E-state index in [0.717, 1.165) is 0 Å². The van der Waals surface area contributed by atoms with Crippen molar-refractivity contribution in [3.8, 4) is 5.75 Å². The first-order chi connectivity index (χ1) is 13.7. The molecule has 1 aromatic heterocycles. The van der Waals surface area contributed by atoms with Gasteiger partial charge in [0.25, 0.3) is 0 Å². The Morgan fingerprint density at radius 1 is 1.30 bits per heavy atom. The summed E-state index contributed by atoms with van der Waals surface area (Å²) in [6.45, 7) is 0.0262. The summed E-state index contributed by atoms with van der Waals surface area (Å²) in [5.41, 5.74) is -6.17. The largest absolute Gasteiger partial charge is 0.511 e. The van der Waals surface area contributed by atoms with E-state index in [1.165, 1.54) is 6.20 Å². The molecule has 2 fully saturated rings. The van der Waals surface area contributed by atoms with E-state index in [2.05, 4.69) is 4.98 Å². The molecule has 0 aromatic carbocycles. The Bertz CT molecular complexity index is 839. The summed E-state index contributed by atoms with van der Waals surface area (Å²) in [7, 11) is -5.29. The lowest BCUT2D eigenvalue weighted by Crippen LogP contribution is -2.68. The molecule has 3 heterocycles. The first-order valence-corrected chi connectivity index (χ1v) is 9.66. The van der Waals surface area contributed by atoms with Crippen molar-refractivity contribution < 1.29 is 54.1 Å². The van der Waals surface area contributed by atoms with E-state index in [9.17, 15) is 34.8 Å². The summed E-state index contributed by atoms with van der Waals surface area (Å²) in [5.74, 6) is -2.37. The third kappa shape index (κ3) is 5.31. The molecule has 1 spiro atoms. The SMILES string of the molecule is O=C(O)C(F)(F)F.O=S(=O)(N1CC2(C1)OCCC2COc1cccnc1)C(F)(F)F. The van der Waals surface area contributed by atoms with Gasteiger partial charge in [-0.25, -0.2) is 13.2 Å². The molecule has 0 bridgehead atoms. The average molecular weight is 466 g/mol. The molecule has 1 unspecified atom stereocenters. The molecule has 170 valence electrons. The average Bonchev–Trinajstić information content (AvgIpc) is 3.02. The molecule has 1 aromatic rings. The highest BCUT2D eigenvalue weighted by Crippen LogP contribution is 2.43. The second-order valence-electron chi connectivity index (χ2n) is 6.42. The Kier molecular flexibility index (Phi) is 6.88. The molecular formula is C15H16F6N2O6S. The van der Waals surface area contributed by atoms with Gasteiger partial charge in [-0.2, -0.15) is 30.6 Å². The highest BCUT2D eigenvalue weighted by molar-refractivity contribution is 7.90. The number of aliphatic carboxylic acids is 1. The third-order valence-electron chi connectivity index (χ3n) is 4.45. The molecule has 0 saturated carbocycles. The van der Waals surface area contributed by atoms with Crippen LogP contribution in [0.2, 0.25) is 0 Å². The van der Waals surface area contributed by atoms with Crippen molar-refractivity contribution in [1.29, 1.82) is 0 Å². The lowest BCUT2D eigenvalue weighted by atomic mass is 9.83. The normalized spacial score (nSPS) is 21.5. The number of carbonyl (C=O) groups is 1. The van der Waals surface area contributed by atoms with Gasteiger partial charge in [-0.1, -0.05) is 0 Å². The second kappa shape index (κ2) is 8.55. The maximum Gasteiger partial charge on any atom is 0.511 e. The first kappa shape index (κ1) is 24.1. The maximum absolute atomic E-state index is 12.5. The van der Waals surface area contributed by atoms with E-state index >= 15 is 0 Å². The highest BCUT2D eigenvalue weighted by atomic mass is 32.2. The van der Waals surface area contributed by atoms with Crippen molar-refractivity contribution >= 4 is 16.0 Å². The second-order valence-corrected chi connectivity index (χ2v) is 8.35. The minimum Gasteiger partial charge on any atom is -0.492 e. The number of rotatable bonds is 4. The Hall–Kier alpha value is -2.13. The molecule has 15 heteroatoms. The molecule has 1 N–H and O–H groups in total. The summed E-state index contributed by atoms with van der Waals surface area (Å²) in [5, 5.41) is 7.12. The molecule has 0 amide bonds. The number of nitrogens with zero attached hydrogens (tertiary/aromatic N) is 2. The lowest BCUT2D eigenvalue weighted by molar-refractivity contribution is -0.192. The fourth-order valence-electron chi connectivity index (χ4n) is 2.87. The predicted octanol–water partition coefficient (Wildman–Crippen LogP) is 2.03. The number of halogens is 6. The van der Waals surface area contributed by atoms with Crippen molar-refractivity contribution in [2.75, 3.05) is 26.3 Å². The minimum absolute atomic E-state index is 0.164. The van der Waals surface area contributed by atoms with E-state index in [0.29, 0.717) is 23.1 Å². The Morgan fingerprint density at radius 3 is 2.37 bits per heavy atom. The number of hydrogen-bond acceptors (Lipinski definition) is 6. The minimum atomic E-state index is -5.29. The van der Waals surface area contributed by atoms with Gasteiger partial charge in [0.15, 0.2) is 0 Å². The summed E-state index contributed by atoms with van der Waals surface area (Å²) in [6.07, 6.45) is -1.34. The Morgan fingerprint density at radius 2 is 1.90 bits per heavy atom. The van der Waals surface area contributed by atoms with Gasteiger partial charge < -0.3 is 14.6 Å². The summed E-state index contributed by atoms with van der Waals surface area (Å²) < 4.78 is 104. The van der Waals surface area contributed by atoms with E-state index in [4.69, 9.17) is 19.4 Å². The van der Waals surface area contributed by atoms with Crippen molar-refractivity contribution in [3.05, 3.63) is 24.5 Å². The van der Waals surface area contributed by atoms with Gasteiger partial charge in [0.2, 0.25) is 0 Å². The van der Waals surface area contributed by atoms with Crippen molar-refractivity contribution in [1.82, 2.24) is 9.29 Å². The number of carboxylic acids is 1. The van der Waals surface area contributed by atoms with E-state index < -0.39 is 33.3 Å². The van der Waals surface area contributed by atoms with E-state index in [1.807, 2.05) is 0 Å². The standard InChI is InChI=1S/C13H15F3N2O4S.C2HF3O2/c14-13(15,16)23(19,20)18-8-12(9-18)10(3-5-22-12)7-21-11-2-1-4-17-6-11;3-2(4,5)1(6)7/h1-2,4,6,10H,3,5,7-9H2;(H,6,7). The van der Waals surface area contributed by atoms with Crippen molar-refractivity contribution in [3.63, 3.8) is 0 Å². The molecule has 2 aliphatic rings. The van der Waals surface area contributed by atoms with Crippen LogP contribution in [0.25, 0.3) is 0 Å². The zero-order valence-electron chi connectivity index (χ0n) is 15.0. The van der Waals surface area contributed by atoms with E-state index in [-0.39, 0.29) is 25.6 Å². The first-order valence-electron chi connectivity index (χ1n) is 8.22. The van der Waals surface area contributed by atoms with Gasteiger partial charge >= 0.3 is 27.7 Å². The molecule has 0 radical (unpaired) electrons. The summed E-state index contributed by atoms with van der Waals surface area (Å²) in [4.78, 5) is 12.8. The van der Waals surface area contributed by atoms with Crippen LogP contribution in [0.15, 0.2) is 24.5 Å². The predicted molar refractivity (Wildman–Crippen MR) is 86.8 cm³/mol. The van der Waals surface area contributed by atoms with Gasteiger partial charge in [-0.05, 0) is 18.6 Å². The van der Waals surface area contributed by atoms with Crippen molar-refractivity contribution in [2.24, 2.45) is 5.92 Å². The van der Waals surface area contributed by atoms with Crippen molar-refractivity contribution in [2.45, 2.75) is 23.7 Å². The molecule has 3 rings (SSSR count). The molecule has 8 nitrogen and oxygen atoms in total. The van der Waals surface area contributed by atoms with Crippen LogP contribution in [0.3, 0.4) is 0 Å². The summed E-state index contributed by atoms with van der Waals surface area (Å²) in [6, 6.07) is 3.42. The third-order valence-corrected chi connectivity index (χ3v) is 5.97. The molecular weight excluding hydrogens is 450 g/mol. The number of ether oxygens (including phenoxy) is 2. The van der Waals surface area contributed by atoms with Crippen LogP contribution in [-0.2, 0) is 19.6 Å². The number of pyridine rings is 1. The fraction of sp³-hybridized carbons (Fsp3) is 0.600. The van der Waals surface area contributed by atoms with Crippen LogP contribution in [0.5, 0.6) is 5.75 Å². The van der Waals surface area contributed by atoms with Gasteiger partial charge in [0.05, 0.1) is 12.8 Å². The number of carboxylic acid groups (broad SMARTS) is 1. The topological polar surface area (TPSA) is 106 Å². The maximum atomic E-state index is 12.5. The zero-order valence-corrected chi connectivity index (χ0v) is 15.8. The van der Waals surface area contributed by atoms with Gasteiger partial charge in [-0.3, -0.25) is 4.98 Å². The van der Waals surface area contributed by atoms with Crippen LogP contribution in [0.1, 0.15) is 6.42 Å². The van der Waals surface area contributed by atoms with Crippen LogP contribution >= 0.6 is 0 Å². The Labute approximate surface area is 166 Å². The lowest BCUT2D eigenvalue weighted by Gasteiger charge is -2.48. The molecule has 2 aliphatic heterocycles. The van der Waals surface area contributed by atoms with Gasteiger partial charge in [0.1, 0.15) is 11.4 Å². The molecule has 30 heavy (non-hydrogen) atoms. The van der Waals surface area contributed by atoms with Gasteiger partial charge in [-0.15, -0.1) is 0 Å². The summed E-state index contributed by atoms with van der Waals surface area (Å²) >= 11 is 0. The molecule has 2 saturated heterocycles. The van der Waals surface area contributed by atoms with Crippen LogP contribution < -0.4 is 4.74 Å². The van der Waals surface area contributed by atoms with Crippen LogP contribution in [-0.4, -0.2) is 72.4 Å². The number of alkyl halides is 6. The zero-order chi connectivity index (χ0) is 22.8. The van der Waals surface area contributed by atoms with Crippen LogP contribution in [0.4, 0.5) is 26.3 Å².